The van der Waals surface area contributed by atoms with E-state index in [0.717, 1.165) is 33.3 Å². The van der Waals surface area contributed by atoms with Crippen LogP contribution in [0.5, 0.6) is 0 Å². The Morgan fingerprint density at radius 3 is 2.43 bits per heavy atom. The van der Waals surface area contributed by atoms with Gasteiger partial charge >= 0.3 is 0 Å². The second kappa shape index (κ2) is 7.50. The second-order valence-electron chi connectivity index (χ2n) is 6.67. The zero-order valence-electron chi connectivity index (χ0n) is 16.1. The highest BCUT2D eigenvalue weighted by atomic mass is 15.1. The summed E-state index contributed by atoms with van der Waals surface area (Å²) in [4.78, 5) is 13.5. The van der Waals surface area contributed by atoms with Gasteiger partial charge < -0.3 is 5.32 Å². The van der Waals surface area contributed by atoms with Crippen LogP contribution < -0.4 is 5.32 Å². The maximum absolute atomic E-state index is 4.74. The monoisotopic (exact) mass is 364 g/mol. The molecule has 2 aromatic heterocycles. The van der Waals surface area contributed by atoms with Crippen molar-refractivity contribution in [2.24, 2.45) is 0 Å². The number of hydrogen-bond acceptors (Lipinski definition) is 4. The summed E-state index contributed by atoms with van der Waals surface area (Å²) < 4.78 is 0. The van der Waals surface area contributed by atoms with Gasteiger partial charge in [-0.25, -0.2) is 9.97 Å². The molecule has 2 heterocycles. The molecule has 4 heteroatoms. The summed E-state index contributed by atoms with van der Waals surface area (Å²) in [5.74, 6) is 6.99. The minimum atomic E-state index is 0.609. The minimum absolute atomic E-state index is 0.609. The Morgan fingerprint density at radius 1 is 0.857 bits per heavy atom. The first-order valence-corrected chi connectivity index (χ1v) is 9.13. The van der Waals surface area contributed by atoms with E-state index in [1.807, 2.05) is 31.3 Å². The normalized spacial score (nSPS) is 10.4. The molecule has 0 unspecified atom stereocenters. The maximum Gasteiger partial charge on any atom is 0.223 e. The second-order valence-corrected chi connectivity index (χ2v) is 6.67. The summed E-state index contributed by atoms with van der Waals surface area (Å²) in [6, 6.07) is 16.3. The van der Waals surface area contributed by atoms with Gasteiger partial charge in [0.15, 0.2) is 0 Å². The van der Waals surface area contributed by atoms with Crippen LogP contribution in [0.2, 0.25) is 0 Å². The van der Waals surface area contributed by atoms with E-state index < -0.39 is 0 Å². The zero-order chi connectivity index (χ0) is 19.5. The Hall–Kier alpha value is -3.71. The standard InChI is InChI=1S/C24H20N4/c1-16-12-21-22(13-17(16)2)27-24(25-3)28-23(21)20-8-4-6-18(14-20)9-10-19-7-5-11-26-15-19/h4-8,11-15H,1-3H3,(H,25,27,28). The van der Waals surface area contributed by atoms with Crippen molar-refractivity contribution in [2.45, 2.75) is 13.8 Å². The van der Waals surface area contributed by atoms with Crippen molar-refractivity contribution < 1.29 is 0 Å². The van der Waals surface area contributed by atoms with Crippen molar-refractivity contribution in [1.29, 1.82) is 0 Å². The molecule has 0 bridgehead atoms. The van der Waals surface area contributed by atoms with Crippen molar-refractivity contribution in [3.8, 4) is 23.1 Å². The van der Waals surface area contributed by atoms with Crippen molar-refractivity contribution in [3.63, 3.8) is 0 Å². The first-order chi connectivity index (χ1) is 13.6. The smallest absolute Gasteiger partial charge is 0.223 e. The lowest BCUT2D eigenvalue weighted by atomic mass is 10.0. The van der Waals surface area contributed by atoms with Gasteiger partial charge in [-0.05, 0) is 61.4 Å². The van der Waals surface area contributed by atoms with Gasteiger partial charge in [0.1, 0.15) is 0 Å². The largest absolute Gasteiger partial charge is 0.357 e. The summed E-state index contributed by atoms with van der Waals surface area (Å²) in [5, 5.41) is 4.11. The van der Waals surface area contributed by atoms with Gasteiger partial charge in [0.2, 0.25) is 5.95 Å². The van der Waals surface area contributed by atoms with Crippen molar-refractivity contribution in [2.75, 3.05) is 12.4 Å². The van der Waals surface area contributed by atoms with Crippen LogP contribution in [0.4, 0.5) is 5.95 Å². The first kappa shape index (κ1) is 17.7. The van der Waals surface area contributed by atoms with E-state index in [1.165, 1.54) is 11.1 Å². The molecule has 0 aliphatic rings. The molecular formula is C24H20N4. The summed E-state index contributed by atoms with van der Waals surface area (Å²) in [6.07, 6.45) is 3.51. The predicted molar refractivity (Wildman–Crippen MR) is 114 cm³/mol. The average Bonchev–Trinajstić information content (AvgIpc) is 2.73. The molecule has 0 amide bonds. The van der Waals surface area contributed by atoms with Crippen LogP contribution in [0, 0.1) is 25.7 Å². The van der Waals surface area contributed by atoms with Crippen molar-refractivity contribution >= 4 is 16.9 Å². The van der Waals surface area contributed by atoms with Gasteiger partial charge in [-0.1, -0.05) is 24.0 Å². The molecule has 2 aromatic carbocycles. The Morgan fingerprint density at radius 2 is 1.64 bits per heavy atom. The molecule has 4 aromatic rings. The molecule has 0 spiro atoms. The maximum atomic E-state index is 4.74. The summed E-state index contributed by atoms with van der Waals surface area (Å²) in [5.41, 5.74) is 7.13. The van der Waals surface area contributed by atoms with Crippen molar-refractivity contribution in [3.05, 3.63) is 83.2 Å². The lowest BCUT2D eigenvalue weighted by molar-refractivity contribution is 1.19. The van der Waals surface area contributed by atoms with E-state index in [0.29, 0.717) is 5.95 Å². The topological polar surface area (TPSA) is 50.7 Å². The number of anilines is 1. The van der Waals surface area contributed by atoms with Crippen LogP contribution in [0.15, 0.2) is 60.9 Å². The Labute approximate surface area is 164 Å². The number of pyridine rings is 1. The molecule has 0 saturated carbocycles. The number of benzene rings is 2. The van der Waals surface area contributed by atoms with E-state index in [4.69, 9.17) is 4.98 Å². The summed E-state index contributed by atoms with van der Waals surface area (Å²) in [6.45, 7) is 4.21. The van der Waals surface area contributed by atoms with Gasteiger partial charge in [-0.15, -0.1) is 0 Å². The quantitative estimate of drug-likeness (QED) is 0.522. The Bertz CT molecular complexity index is 1220. The third kappa shape index (κ3) is 3.56. The van der Waals surface area contributed by atoms with Crippen LogP contribution in [0.3, 0.4) is 0 Å². The van der Waals surface area contributed by atoms with Crippen molar-refractivity contribution in [1.82, 2.24) is 15.0 Å². The van der Waals surface area contributed by atoms with Crippen LogP contribution in [-0.4, -0.2) is 22.0 Å². The Kier molecular flexibility index (Phi) is 4.74. The fraction of sp³-hybridized carbons (Fsp3) is 0.125. The summed E-state index contributed by atoms with van der Waals surface area (Å²) >= 11 is 0. The molecule has 0 aliphatic carbocycles. The van der Waals surface area contributed by atoms with Gasteiger partial charge in [-0.3, -0.25) is 4.98 Å². The number of hydrogen-bond donors (Lipinski definition) is 1. The average molecular weight is 364 g/mol. The highest BCUT2D eigenvalue weighted by Crippen LogP contribution is 2.29. The van der Waals surface area contributed by atoms with Crippen LogP contribution in [0.25, 0.3) is 22.2 Å². The minimum Gasteiger partial charge on any atom is -0.357 e. The summed E-state index contributed by atoms with van der Waals surface area (Å²) in [7, 11) is 1.84. The number of nitrogens with zero attached hydrogens (tertiary/aromatic N) is 3. The number of nitrogens with one attached hydrogen (secondary N) is 1. The molecule has 0 saturated heterocycles. The van der Waals surface area contributed by atoms with Gasteiger partial charge in [0, 0.05) is 41.5 Å². The number of aromatic nitrogens is 3. The van der Waals surface area contributed by atoms with Gasteiger partial charge in [0.05, 0.1) is 11.2 Å². The molecule has 0 radical (unpaired) electrons. The molecule has 136 valence electrons. The fourth-order valence-corrected chi connectivity index (χ4v) is 3.05. The van der Waals surface area contributed by atoms with Crippen LogP contribution in [-0.2, 0) is 0 Å². The Balaban J connectivity index is 1.84. The van der Waals surface area contributed by atoms with E-state index in [1.54, 1.807) is 12.4 Å². The molecule has 28 heavy (non-hydrogen) atoms. The molecule has 1 N–H and O–H groups in total. The molecule has 4 nitrogen and oxygen atoms in total. The number of fused-ring (bicyclic) bond motifs is 1. The predicted octanol–water partition coefficient (Wildman–Crippen LogP) is 4.75. The molecule has 0 fully saturated rings. The molecule has 0 atom stereocenters. The van der Waals surface area contributed by atoms with Crippen LogP contribution >= 0.6 is 0 Å². The molecular weight excluding hydrogens is 344 g/mol. The third-order valence-electron chi connectivity index (χ3n) is 4.68. The highest BCUT2D eigenvalue weighted by Gasteiger charge is 2.11. The lowest BCUT2D eigenvalue weighted by Gasteiger charge is -2.11. The fourth-order valence-electron chi connectivity index (χ4n) is 3.05. The third-order valence-corrected chi connectivity index (χ3v) is 4.68. The highest BCUT2D eigenvalue weighted by molar-refractivity contribution is 5.94. The zero-order valence-corrected chi connectivity index (χ0v) is 16.1. The molecule has 4 rings (SSSR count). The van der Waals surface area contributed by atoms with E-state index in [2.05, 4.69) is 65.2 Å². The van der Waals surface area contributed by atoms with E-state index in [-0.39, 0.29) is 0 Å². The lowest BCUT2D eigenvalue weighted by Crippen LogP contribution is -2.00. The van der Waals surface area contributed by atoms with Gasteiger partial charge in [0.25, 0.3) is 0 Å². The number of aryl methyl sites for hydroxylation is 2. The van der Waals surface area contributed by atoms with E-state index in [9.17, 15) is 0 Å². The molecule has 0 aliphatic heterocycles. The van der Waals surface area contributed by atoms with Crippen LogP contribution in [0.1, 0.15) is 22.3 Å². The number of rotatable bonds is 2. The first-order valence-electron chi connectivity index (χ1n) is 9.13. The van der Waals surface area contributed by atoms with E-state index >= 15 is 0 Å². The van der Waals surface area contributed by atoms with Gasteiger partial charge in [-0.2, -0.15) is 0 Å². The SMILES string of the molecule is CNc1nc(-c2cccc(C#Cc3cccnc3)c2)c2cc(C)c(C)cc2n1.